The molecule has 1 aromatic rings. The van der Waals surface area contributed by atoms with E-state index in [9.17, 15) is 0 Å². The zero-order valence-electron chi connectivity index (χ0n) is 8.60. The highest BCUT2D eigenvalue weighted by molar-refractivity contribution is 4.87. The summed E-state index contributed by atoms with van der Waals surface area (Å²) in [5.41, 5.74) is 5.92. The van der Waals surface area contributed by atoms with E-state index >= 15 is 0 Å². The fraction of sp³-hybridized carbons (Fsp3) is 0.778. The summed E-state index contributed by atoms with van der Waals surface area (Å²) in [7, 11) is 0. The lowest BCUT2D eigenvalue weighted by molar-refractivity contribution is 0.279. The first-order valence-corrected chi connectivity index (χ1v) is 4.92. The second kappa shape index (κ2) is 3.67. The van der Waals surface area contributed by atoms with Crippen LogP contribution >= 0.6 is 0 Å². The molecule has 2 N–H and O–H groups in total. The fourth-order valence-corrected chi connectivity index (χ4v) is 1.82. The molecule has 1 aliphatic heterocycles. The van der Waals surface area contributed by atoms with Crippen LogP contribution in [0.25, 0.3) is 0 Å². The lowest BCUT2D eigenvalue weighted by Crippen LogP contribution is -2.28. The molecule has 0 amide bonds. The standard InChI is InChI=1S/C9H16N4O/c1-6-3-13(4-8(6)10)5-9-12-11-7(2)14-9/h6,8H,3-5,10H2,1-2H3. The van der Waals surface area contributed by atoms with Crippen molar-refractivity contribution in [3.8, 4) is 0 Å². The van der Waals surface area contributed by atoms with Gasteiger partial charge in [-0.15, -0.1) is 10.2 Å². The van der Waals surface area contributed by atoms with Gasteiger partial charge in [-0.2, -0.15) is 0 Å². The second-order valence-corrected chi connectivity index (χ2v) is 4.05. The van der Waals surface area contributed by atoms with Crippen LogP contribution in [0.2, 0.25) is 0 Å². The Balaban J connectivity index is 1.93. The first kappa shape index (κ1) is 9.61. The van der Waals surface area contributed by atoms with E-state index < -0.39 is 0 Å². The van der Waals surface area contributed by atoms with Gasteiger partial charge in [-0.1, -0.05) is 6.92 Å². The van der Waals surface area contributed by atoms with Crippen LogP contribution in [0, 0.1) is 12.8 Å². The summed E-state index contributed by atoms with van der Waals surface area (Å²) in [5, 5.41) is 7.75. The Labute approximate surface area is 83.3 Å². The summed E-state index contributed by atoms with van der Waals surface area (Å²) in [5.74, 6) is 1.86. The van der Waals surface area contributed by atoms with E-state index in [0.717, 1.165) is 19.6 Å². The van der Waals surface area contributed by atoms with Crippen LogP contribution in [0.15, 0.2) is 4.42 Å². The van der Waals surface area contributed by atoms with Gasteiger partial charge >= 0.3 is 0 Å². The molecule has 0 bridgehead atoms. The van der Waals surface area contributed by atoms with Crippen molar-refractivity contribution < 1.29 is 4.42 Å². The number of nitrogens with two attached hydrogens (primary N) is 1. The van der Waals surface area contributed by atoms with Crippen LogP contribution in [0.3, 0.4) is 0 Å². The van der Waals surface area contributed by atoms with Gasteiger partial charge in [-0.25, -0.2) is 0 Å². The Hall–Kier alpha value is -0.940. The van der Waals surface area contributed by atoms with Crippen molar-refractivity contribution in [3.63, 3.8) is 0 Å². The van der Waals surface area contributed by atoms with E-state index in [4.69, 9.17) is 10.2 Å². The largest absolute Gasteiger partial charge is 0.424 e. The van der Waals surface area contributed by atoms with Gasteiger partial charge in [0.1, 0.15) is 0 Å². The summed E-state index contributed by atoms with van der Waals surface area (Å²) in [4.78, 5) is 2.25. The normalized spacial score (nSPS) is 28.5. The average Bonchev–Trinajstić information content (AvgIpc) is 2.62. The molecule has 2 heterocycles. The molecule has 2 unspecified atom stereocenters. The number of hydrogen-bond acceptors (Lipinski definition) is 5. The van der Waals surface area contributed by atoms with Crippen molar-refractivity contribution >= 4 is 0 Å². The molecular weight excluding hydrogens is 180 g/mol. The minimum absolute atomic E-state index is 0.277. The van der Waals surface area contributed by atoms with E-state index in [-0.39, 0.29) is 6.04 Å². The molecule has 0 spiro atoms. The number of nitrogens with zero attached hydrogens (tertiary/aromatic N) is 3. The Morgan fingerprint density at radius 2 is 2.29 bits per heavy atom. The van der Waals surface area contributed by atoms with Crippen LogP contribution in [0.5, 0.6) is 0 Å². The third-order valence-corrected chi connectivity index (χ3v) is 2.67. The van der Waals surface area contributed by atoms with Gasteiger partial charge < -0.3 is 10.2 Å². The number of aryl methyl sites for hydroxylation is 1. The van der Waals surface area contributed by atoms with E-state index in [1.54, 1.807) is 6.92 Å². The second-order valence-electron chi connectivity index (χ2n) is 4.05. The van der Waals surface area contributed by atoms with E-state index in [1.165, 1.54) is 0 Å². The van der Waals surface area contributed by atoms with Gasteiger partial charge in [0.2, 0.25) is 11.8 Å². The molecule has 0 saturated carbocycles. The molecule has 2 atom stereocenters. The number of likely N-dealkylation sites (tertiary alicyclic amines) is 1. The summed E-state index contributed by atoms with van der Waals surface area (Å²) in [6, 6.07) is 0.277. The quantitative estimate of drug-likeness (QED) is 0.729. The van der Waals surface area contributed by atoms with E-state index in [0.29, 0.717) is 17.7 Å². The molecule has 14 heavy (non-hydrogen) atoms. The number of hydrogen-bond donors (Lipinski definition) is 1. The molecule has 5 nitrogen and oxygen atoms in total. The van der Waals surface area contributed by atoms with Gasteiger partial charge in [0.25, 0.3) is 0 Å². The van der Waals surface area contributed by atoms with Crippen molar-refractivity contribution in [1.29, 1.82) is 0 Å². The van der Waals surface area contributed by atoms with Crippen molar-refractivity contribution in [2.24, 2.45) is 11.7 Å². The summed E-state index contributed by atoms with van der Waals surface area (Å²) in [6.07, 6.45) is 0. The van der Waals surface area contributed by atoms with Gasteiger partial charge in [0, 0.05) is 26.1 Å². The topological polar surface area (TPSA) is 68.2 Å². The van der Waals surface area contributed by atoms with Crippen molar-refractivity contribution in [2.45, 2.75) is 26.4 Å². The predicted molar refractivity (Wildman–Crippen MR) is 51.5 cm³/mol. The highest BCUT2D eigenvalue weighted by atomic mass is 16.4. The molecule has 1 fully saturated rings. The minimum atomic E-state index is 0.277. The van der Waals surface area contributed by atoms with Crippen molar-refractivity contribution in [1.82, 2.24) is 15.1 Å². The molecular formula is C9H16N4O. The van der Waals surface area contributed by atoms with Crippen LogP contribution < -0.4 is 5.73 Å². The van der Waals surface area contributed by atoms with E-state index in [2.05, 4.69) is 22.0 Å². The van der Waals surface area contributed by atoms with Crippen LogP contribution in [0.4, 0.5) is 0 Å². The minimum Gasteiger partial charge on any atom is -0.424 e. The summed E-state index contributed by atoms with van der Waals surface area (Å²) >= 11 is 0. The molecule has 2 rings (SSSR count). The Morgan fingerprint density at radius 1 is 1.50 bits per heavy atom. The van der Waals surface area contributed by atoms with E-state index in [1.807, 2.05) is 0 Å². The zero-order valence-corrected chi connectivity index (χ0v) is 8.60. The van der Waals surface area contributed by atoms with Crippen LogP contribution in [0.1, 0.15) is 18.7 Å². The fourth-order valence-electron chi connectivity index (χ4n) is 1.82. The predicted octanol–water partition coefficient (Wildman–Crippen LogP) is 0.157. The first-order chi connectivity index (χ1) is 6.65. The maximum Gasteiger partial charge on any atom is 0.230 e. The summed E-state index contributed by atoms with van der Waals surface area (Å²) in [6.45, 7) is 6.63. The summed E-state index contributed by atoms with van der Waals surface area (Å²) < 4.78 is 5.31. The van der Waals surface area contributed by atoms with Gasteiger partial charge in [-0.05, 0) is 5.92 Å². The Kier molecular flexibility index (Phi) is 2.52. The van der Waals surface area contributed by atoms with Gasteiger partial charge in [0.05, 0.1) is 6.54 Å². The first-order valence-electron chi connectivity index (χ1n) is 4.92. The Morgan fingerprint density at radius 3 is 2.79 bits per heavy atom. The van der Waals surface area contributed by atoms with Gasteiger partial charge in [0.15, 0.2) is 0 Å². The molecule has 0 aromatic carbocycles. The third kappa shape index (κ3) is 1.93. The number of aromatic nitrogens is 2. The Bertz CT molecular complexity index is 302. The average molecular weight is 196 g/mol. The maximum absolute atomic E-state index is 5.92. The lowest BCUT2D eigenvalue weighted by atomic mass is 10.1. The third-order valence-electron chi connectivity index (χ3n) is 2.67. The lowest BCUT2D eigenvalue weighted by Gasteiger charge is -2.11. The molecule has 0 radical (unpaired) electrons. The molecule has 5 heteroatoms. The van der Waals surface area contributed by atoms with Crippen molar-refractivity contribution in [2.75, 3.05) is 13.1 Å². The molecule has 1 aromatic heterocycles. The number of rotatable bonds is 2. The zero-order chi connectivity index (χ0) is 10.1. The van der Waals surface area contributed by atoms with Crippen LogP contribution in [-0.2, 0) is 6.54 Å². The molecule has 1 aliphatic rings. The smallest absolute Gasteiger partial charge is 0.230 e. The van der Waals surface area contributed by atoms with Crippen LogP contribution in [-0.4, -0.2) is 34.2 Å². The molecule has 78 valence electrons. The maximum atomic E-state index is 5.92. The van der Waals surface area contributed by atoms with Crippen molar-refractivity contribution in [3.05, 3.63) is 11.8 Å². The highest BCUT2D eigenvalue weighted by Crippen LogP contribution is 2.16. The molecule has 1 saturated heterocycles. The molecule has 0 aliphatic carbocycles. The highest BCUT2D eigenvalue weighted by Gasteiger charge is 2.27. The monoisotopic (exact) mass is 196 g/mol. The SMILES string of the molecule is Cc1nnc(CN2CC(C)C(N)C2)o1. The van der Waals surface area contributed by atoms with Gasteiger partial charge in [-0.3, -0.25) is 4.90 Å².